The molecule has 9 nitrogen and oxygen atoms in total. The monoisotopic (exact) mass is 452 g/mol. The summed E-state index contributed by atoms with van der Waals surface area (Å²) in [5, 5.41) is 3.57. The molecule has 0 radical (unpaired) electrons. The normalized spacial score (nSPS) is 10.5. The SMILES string of the molecule is CCOC(=O)COc1cccc2c(=O)n(CC(=O)Nc3ccc(C(=O)OCC)cc3)ccc12. The molecule has 33 heavy (non-hydrogen) atoms. The van der Waals surface area contributed by atoms with Crippen molar-refractivity contribution in [3.8, 4) is 5.75 Å². The number of carbonyl (C=O) groups excluding carboxylic acids is 3. The van der Waals surface area contributed by atoms with Crippen LogP contribution < -0.4 is 15.6 Å². The predicted molar refractivity (Wildman–Crippen MR) is 121 cm³/mol. The first-order valence-electron chi connectivity index (χ1n) is 10.4. The average Bonchev–Trinajstić information content (AvgIpc) is 2.80. The lowest BCUT2D eigenvalue weighted by molar-refractivity contribution is -0.145. The Balaban J connectivity index is 1.71. The van der Waals surface area contributed by atoms with Crippen LogP contribution in [0.25, 0.3) is 10.8 Å². The van der Waals surface area contributed by atoms with Crippen molar-refractivity contribution >= 4 is 34.3 Å². The summed E-state index contributed by atoms with van der Waals surface area (Å²) in [5.41, 5.74) is 0.486. The molecule has 0 unspecified atom stereocenters. The molecule has 172 valence electrons. The molecule has 0 aliphatic heterocycles. The van der Waals surface area contributed by atoms with E-state index < -0.39 is 17.8 Å². The summed E-state index contributed by atoms with van der Waals surface area (Å²) in [5.74, 6) is -0.982. The Morgan fingerprint density at radius 2 is 1.64 bits per heavy atom. The van der Waals surface area contributed by atoms with Crippen molar-refractivity contribution in [2.45, 2.75) is 20.4 Å². The summed E-state index contributed by atoms with van der Waals surface area (Å²) in [6.45, 7) is 3.47. The van der Waals surface area contributed by atoms with E-state index in [2.05, 4.69) is 5.32 Å². The first-order chi connectivity index (χ1) is 15.9. The molecule has 3 aromatic rings. The highest BCUT2D eigenvalue weighted by molar-refractivity contribution is 5.93. The van der Waals surface area contributed by atoms with E-state index in [4.69, 9.17) is 14.2 Å². The summed E-state index contributed by atoms with van der Waals surface area (Å²) >= 11 is 0. The van der Waals surface area contributed by atoms with Gasteiger partial charge < -0.3 is 24.1 Å². The zero-order valence-electron chi connectivity index (χ0n) is 18.3. The highest BCUT2D eigenvalue weighted by Crippen LogP contribution is 2.23. The summed E-state index contributed by atoms with van der Waals surface area (Å²) in [7, 11) is 0. The molecule has 1 aromatic heterocycles. The van der Waals surface area contributed by atoms with E-state index >= 15 is 0 Å². The average molecular weight is 452 g/mol. The van der Waals surface area contributed by atoms with Gasteiger partial charge in [0.15, 0.2) is 6.61 Å². The fraction of sp³-hybridized carbons (Fsp3) is 0.250. The lowest BCUT2D eigenvalue weighted by Gasteiger charge is -2.11. The number of anilines is 1. The van der Waals surface area contributed by atoms with E-state index in [1.54, 1.807) is 62.4 Å². The van der Waals surface area contributed by atoms with Gasteiger partial charge >= 0.3 is 11.9 Å². The minimum Gasteiger partial charge on any atom is -0.481 e. The second kappa shape index (κ2) is 10.9. The second-order valence-electron chi connectivity index (χ2n) is 6.91. The Kier molecular flexibility index (Phi) is 7.80. The molecular formula is C24H24N2O7. The smallest absolute Gasteiger partial charge is 0.344 e. The molecular weight excluding hydrogens is 428 g/mol. The molecule has 0 atom stereocenters. The van der Waals surface area contributed by atoms with Crippen molar-refractivity contribution < 1.29 is 28.6 Å². The first-order valence-corrected chi connectivity index (χ1v) is 10.4. The molecule has 0 aliphatic carbocycles. The Labute approximate surface area is 189 Å². The lowest BCUT2D eigenvalue weighted by Crippen LogP contribution is -2.27. The highest BCUT2D eigenvalue weighted by Gasteiger charge is 2.12. The van der Waals surface area contributed by atoms with Crippen LogP contribution in [0, 0.1) is 0 Å². The van der Waals surface area contributed by atoms with Gasteiger partial charge in [0.1, 0.15) is 12.3 Å². The molecule has 0 bridgehead atoms. The molecule has 0 aliphatic rings. The number of pyridine rings is 1. The lowest BCUT2D eigenvalue weighted by atomic mass is 10.1. The van der Waals surface area contributed by atoms with Gasteiger partial charge in [-0.25, -0.2) is 9.59 Å². The van der Waals surface area contributed by atoms with E-state index in [0.717, 1.165) is 0 Å². The van der Waals surface area contributed by atoms with Crippen molar-refractivity contribution in [1.82, 2.24) is 4.57 Å². The van der Waals surface area contributed by atoms with Crippen molar-refractivity contribution in [3.63, 3.8) is 0 Å². The fourth-order valence-electron chi connectivity index (χ4n) is 3.14. The number of amides is 1. The van der Waals surface area contributed by atoms with Crippen molar-refractivity contribution in [2.75, 3.05) is 25.1 Å². The molecule has 0 fully saturated rings. The van der Waals surface area contributed by atoms with E-state index in [0.29, 0.717) is 27.8 Å². The Morgan fingerprint density at radius 3 is 2.33 bits per heavy atom. The maximum atomic E-state index is 12.9. The fourth-order valence-corrected chi connectivity index (χ4v) is 3.14. The van der Waals surface area contributed by atoms with E-state index in [1.807, 2.05) is 0 Å². The number of hydrogen-bond donors (Lipinski definition) is 1. The van der Waals surface area contributed by atoms with Crippen LogP contribution >= 0.6 is 0 Å². The van der Waals surface area contributed by atoms with E-state index in [-0.39, 0.29) is 31.9 Å². The van der Waals surface area contributed by atoms with Gasteiger partial charge in [-0.15, -0.1) is 0 Å². The van der Waals surface area contributed by atoms with E-state index in [1.165, 1.54) is 10.8 Å². The van der Waals surface area contributed by atoms with Gasteiger partial charge in [-0.05, 0) is 56.3 Å². The third kappa shape index (κ3) is 5.97. The van der Waals surface area contributed by atoms with Crippen LogP contribution in [0.4, 0.5) is 5.69 Å². The van der Waals surface area contributed by atoms with Gasteiger partial charge in [-0.1, -0.05) is 6.07 Å². The molecule has 0 spiro atoms. The van der Waals surface area contributed by atoms with Crippen LogP contribution in [0.2, 0.25) is 0 Å². The number of aromatic nitrogens is 1. The summed E-state index contributed by atoms with van der Waals surface area (Å²) in [6.07, 6.45) is 1.49. The minimum atomic E-state index is -0.505. The third-order valence-corrected chi connectivity index (χ3v) is 4.62. The van der Waals surface area contributed by atoms with Gasteiger partial charge in [0, 0.05) is 17.3 Å². The summed E-state index contributed by atoms with van der Waals surface area (Å²) < 4.78 is 16.5. The Bertz CT molecular complexity index is 1220. The number of ether oxygens (including phenoxy) is 3. The molecule has 2 aromatic carbocycles. The van der Waals surface area contributed by atoms with Crippen LogP contribution in [-0.4, -0.2) is 42.2 Å². The van der Waals surface area contributed by atoms with Gasteiger partial charge in [0.25, 0.3) is 5.56 Å². The maximum Gasteiger partial charge on any atom is 0.344 e. The van der Waals surface area contributed by atoms with Crippen molar-refractivity contribution in [1.29, 1.82) is 0 Å². The van der Waals surface area contributed by atoms with Crippen LogP contribution in [0.15, 0.2) is 59.5 Å². The standard InChI is InChI=1S/C24H24N2O7/c1-3-31-22(28)15-33-20-7-5-6-19-18(20)12-13-26(23(19)29)14-21(27)25-17-10-8-16(9-11-17)24(30)32-4-2/h5-13H,3-4,14-15H2,1-2H3,(H,25,27). The molecule has 0 saturated carbocycles. The topological polar surface area (TPSA) is 113 Å². The van der Waals surface area contributed by atoms with Gasteiger partial charge in [-0.3, -0.25) is 9.59 Å². The molecule has 3 rings (SSSR count). The minimum absolute atomic E-state index is 0.206. The first kappa shape index (κ1) is 23.5. The number of esters is 2. The largest absolute Gasteiger partial charge is 0.481 e. The number of hydrogen-bond acceptors (Lipinski definition) is 7. The molecule has 1 heterocycles. The Morgan fingerprint density at radius 1 is 0.909 bits per heavy atom. The van der Waals surface area contributed by atoms with E-state index in [9.17, 15) is 19.2 Å². The number of nitrogens with zero attached hydrogens (tertiary/aromatic N) is 1. The quantitative estimate of drug-likeness (QED) is 0.497. The van der Waals surface area contributed by atoms with Gasteiger partial charge in [0.2, 0.25) is 5.91 Å². The zero-order valence-corrected chi connectivity index (χ0v) is 18.3. The number of carbonyl (C=O) groups is 3. The molecule has 0 saturated heterocycles. The second-order valence-corrected chi connectivity index (χ2v) is 6.91. The molecule has 1 N–H and O–H groups in total. The zero-order chi connectivity index (χ0) is 23.8. The van der Waals surface area contributed by atoms with Crippen molar-refractivity contribution in [2.24, 2.45) is 0 Å². The number of nitrogens with one attached hydrogen (secondary N) is 1. The summed E-state index contributed by atoms with van der Waals surface area (Å²) in [4.78, 5) is 48.6. The third-order valence-electron chi connectivity index (χ3n) is 4.62. The van der Waals surface area contributed by atoms with Gasteiger partial charge in [0.05, 0.1) is 24.2 Å². The highest BCUT2D eigenvalue weighted by atomic mass is 16.6. The number of fused-ring (bicyclic) bond motifs is 1. The predicted octanol–water partition coefficient (Wildman–Crippen LogP) is 2.76. The molecule has 1 amide bonds. The van der Waals surface area contributed by atoms with Crippen LogP contribution in [0.3, 0.4) is 0 Å². The van der Waals surface area contributed by atoms with Crippen LogP contribution in [0.5, 0.6) is 5.75 Å². The number of rotatable bonds is 9. The van der Waals surface area contributed by atoms with Gasteiger partial charge in [-0.2, -0.15) is 0 Å². The summed E-state index contributed by atoms with van der Waals surface area (Å²) in [6, 6.07) is 12.8. The number of benzene rings is 2. The maximum absolute atomic E-state index is 12.9. The molecule has 9 heteroatoms. The van der Waals surface area contributed by atoms with Crippen molar-refractivity contribution in [3.05, 3.63) is 70.6 Å². The van der Waals surface area contributed by atoms with Crippen LogP contribution in [-0.2, 0) is 25.6 Å². The Hall–Kier alpha value is -4.14. The van der Waals surface area contributed by atoms with Crippen LogP contribution in [0.1, 0.15) is 24.2 Å².